The van der Waals surface area contributed by atoms with Crippen LogP contribution in [-0.4, -0.2) is 84.4 Å². The van der Waals surface area contributed by atoms with Gasteiger partial charge in [-0.1, -0.05) is 12.1 Å². The van der Waals surface area contributed by atoms with E-state index in [9.17, 15) is 13.2 Å². The minimum absolute atomic E-state index is 0.0831. The zero-order valence-corrected chi connectivity index (χ0v) is 18.9. The second-order valence-corrected chi connectivity index (χ2v) is 10.8. The van der Waals surface area contributed by atoms with Crippen molar-refractivity contribution in [1.82, 2.24) is 24.2 Å². The SMILES string of the molecule is CCN1CCN(C(=O)C2CCCN(S(=O)(=O)c3cc(-c4noc(C)n4)cs3)C2)CC1. The zero-order valence-electron chi connectivity index (χ0n) is 17.3. The van der Waals surface area contributed by atoms with Gasteiger partial charge in [0.05, 0.1) is 5.92 Å². The Hall–Kier alpha value is -1.82. The molecule has 4 heterocycles. The quantitative estimate of drug-likeness (QED) is 0.679. The summed E-state index contributed by atoms with van der Waals surface area (Å²) in [6, 6.07) is 1.58. The molecule has 2 aromatic heterocycles. The van der Waals surface area contributed by atoms with Crippen molar-refractivity contribution >= 4 is 27.3 Å². The summed E-state index contributed by atoms with van der Waals surface area (Å²) in [5, 5.41) is 5.57. The number of hydrogen-bond acceptors (Lipinski definition) is 8. The van der Waals surface area contributed by atoms with Gasteiger partial charge < -0.3 is 14.3 Å². The number of thiophene rings is 1. The molecule has 1 atom stereocenters. The van der Waals surface area contributed by atoms with Crippen LogP contribution in [0.1, 0.15) is 25.7 Å². The summed E-state index contributed by atoms with van der Waals surface area (Å²) in [5.74, 6) is 0.613. The number of amides is 1. The van der Waals surface area contributed by atoms with Crippen LogP contribution in [0.2, 0.25) is 0 Å². The van der Waals surface area contributed by atoms with Gasteiger partial charge in [0.15, 0.2) is 0 Å². The number of piperidine rings is 1. The zero-order chi connectivity index (χ0) is 21.3. The topological polar surface area (TPSA) is 99.8 Å². The Bertz CT molecular complexity index is 994. The average molecular weight is 454 g/mol. The molecule has 4 rings (SSSR count). The highest BCUT2D eigenvalue weighted by Gasteiger charge is 2.36. The fourth-order valence-electron chi connectivity index (χ4n) is 4.02. The number of aromatic nitrogens is 2. The molecular formula is C19H27N5O4S2. The van der Waals surface area contributed by atoms with Gasteiger partial charge in [-0.25, -0.2) is 8.42 Å². The Morgan fingerprint density at radius 2 is 2.03 bits per heavy atom. The Morgan fingerprint density at radius 1 is 1.27 bits per heavy atom. The molecule has 9 nitrogen and oxygen atoms in total. The molecule has 1 amide bonds. The third-order valence-electron chi connectivity index (χ3n) is 5.82. The lowest BCUT2D eigenvalue weighted by Crippen LogP contribution is -2.52. The van der Waals surface area contributed by atoms with Gasteiger partial charge in [-0.3, -0.25) is 4.79 Å². The van der Waals surface area contributed by atoms with Crippen molar-refractivity contribution in [3.63, 3.8) is 0 Å². The highest BCUT2D eigenvalue weighted by molar-refractivity contribution is 7.91. The summed E-state index contributed by atoms with van der Waals surface area (Å²) in [4.78, 5) is 21.4. The molecule has 164 valence electrons. The van der Waals surface area contributed by atoms with E-state index in [2.05, 4.69) is 22.0 Å². The molecule has 0 aromatic carbocycles. The van der Waals surface area contributed by atoms with Gasteiger partial charge in [0.25, 0.3) is 10.0 Å². The van der Waals surface area contributed by atoms with E-state index in [1.165, 1.54) is 4.31 Å². The number of likely N-dealkylation sites (N-methyl/N-ethyl adjacent to an activating group) is 1. The van der Waals surface area contributed by atoms with E-state index in [4.69, 9.17) is 4.52 Å². The van der Waals surface area contributed by atoms with Crippen molar-refractivity contribution in [1.29, 1.82) is 0 Å². The molecule has 2 aromatic rings. The van der Waals surface area contributed by atoms with Gasteiger partial charge in [-0.2, -0.15) is 9.29 Å². The van der Waals surface area contributed by atoms with Crippen molar-refractivity contribution in [2.45, 2.75) is 30.9 Å². The van der Waals surface area contributed by atoms with Crippen molar-refractivity contribution in [2.24, 2.45) is 5.92 Å². The van der Waals surface area contributed by atoms with E-state index in [0.717, 1.165) is 37.4 Å². The smallest absolute Gasteiger partial charge is 0.252 e. The molecule has 0 N–H and O–H groups in total. The number of piperazine rings is 1. The lowest BCUT2D eigenvalue weighted by molar-refractivity contribution is -0.138. The van der Waals surface area contributed by atoms with Gasteiger partial charge in [-0.05, 0) is 25.5 Å². The van der Waals surface area contributed by atoms with Crippen LogP contribution >= 0.6 is 11.3 Å². The summed E-state index contributed by atoms with van der Waals surface area (Å²) in [6.07, 6.45) is 1.42. The number of carbonyl (C=O) groups excluding carboxylic acids is 1. The number of hydrogen-bond donors (Lipinski definition) is 0. The molecule has 0 aliphatic carbocycles. The Balaban J connectivity index is 1.45. The maximum Gasteiger partial charge on any atom is 0.252 e. The predicted molar refractivity (Wildman–Crippen MR) is 113 cm³/mol. The molecule has 0 spiro atoms. The van der Waals surface area contributed by atoms with Crippen LogP contribution in [0.3, 0.4) is 0 Å². The first kappa shape index (κ1) is 21.4. The number of rotatable bonds is 5. The van der Waals surface area contributed by atoms with Crippen LogP contribution < -0.4 is 0 Å². The molecule has 0 bridgehead atoms. The van der Waals surface area contributed by atoms with E-state index in [1.54, 1.807) is 18.4 Å². The Kier molecular flexibility index (Phi) is 6.24. The summed E-state index contributed by atoms with van der Waals surface area (Å²) in [5.41, 5.74) is 0.619. The maximum atomic E-state index is 13.2. The van der Waals surface area contributed by atoms with Crippen LogP contribution in [0, 0.1) is 12.8 Å². The van der Waals surface area contributed by atoms with E-state index >= 15 is 0 Å². The molecule has 2 aliphatic rings. The first-order chi connectivity index (χ1) is 14.4. The van der Waals surface area contributed by atoms with Gasteiger partial charge in [0.2, 0.25) is 17.6 Å². The molecule has 2 aliphatic heterocycles. The maximum absolute atomic E-state index is 13.2. The van der Waals surface area contributed by atoms with E-state index in [-0.39, 0.29) is 22.6 Å². The molecule has 2 fully saturated rings. The minimum Gasteiger partial charge on any atom is -0.340 e. The fraction of sp³-hybridized carbons (Fsp3) is 0.632. The standard InChI is InChI=1S/C19H27N5O4S2/c1-3-22-7-9-23(10-8-22)19(25)15-5-4-6-24(12-15)30(26,27)17-11-16(13-29-17)18-20-14(2)28-21-18/h11,13,15H,3-10,12H2,1-2H3. The second kappa shape index (κ2) is 8.74. The van der Waals surface area contributed by atoms with Crippen LogP contribution in [-0.2, 0) is 14.8 Å². The first-order valence-corrected chi connectivity index (χ1v) is 12.6. The fourth-order valence-corrected chi connectivity index (χ4v) is 6.85. The summed E-state index contributed by atoms with van der Waals surface area (Å²) < 4.78 is 33.1. The van der Waals surface area contributed by atoms with Crippen LogP contribution in [0.5, 0.6) is 0 Å². The molecule has 0 radical (unpaired) electrons. The largest absolute Gasteiger partial charge is 0.340 e. The van der Waals surface area contributed by atoms with Gasteiger partial charge in [0.1, 0.15) is 4.21 Å². The molecule has 30 heavy (non-hydrogen) atoms. The van der Waals surface area contributed by atoms with Crippen molar-refractivity contribution in [3.8, 4) is 11.4 Å². The van der Waals surface area contributed by atoms with E-state index in [0.29, 0.717) is 43.3 Å². The summed E-state index contributed by atoms with van der Waals surface area (Å²) in [6.45, 7) is 8.67. The Morgan fingerprint density at radius 3 is 2.70 bits per heavy atom. The third-order valence-corrected chi connectivity index (χ3v) is 9.10. The van der Waals surface area contributed by atoms with Crippen molar-refractivity contribution in [3.05, 3.63) is 17.3 Å². The normalized spacial score (nSPS) is 21.8. The molecule has 1 unspecified atom stereocenters. The van der Waals surface area contributed by atoms with Crippen molar-refractivity contribution < 1.29 is 17.7 Å². The minimum atomic E-state index is -3.67. The van der Waals surface area contributed by atoms with Gasteiger partial charge >= 0.3 is 0 Å². The first-order valence-electron chi connectivity index (χ1n) is 10.3. The number of sulfonamides is 1. The summed E-state index contributed by atoms with van der Waals surface area (Å²) in [7, 11) is -3.67. The Labute approximate surface area is 180 Å². The highest BCUT2D eigenvalue weighted by Crippen LogP contribution is 2.31. The van der Waals surface area contributed by atoms with Crippen LogP contribution in [0.4, 0.5) is 0 Å². The number of carbonyl (C=O) groups is 1. The van der Waals surface area contributed by atoms with Crippen LogP contribution in [0.15, 0.2) is 20.2 Å². The predicted octanol–water partition coefficient (Wildman–Crippen LogP) is 1.67. The highest BCUT2D eigenvalue weighted by atomic mass is 32.2. The number of nitrogens with zero attached hydrogens (tertiary/aromatic N) is 5. The second-order valence-electron chi connectivity index (χ2n) is 7.75. The van der Waals surface area contributed by atoms with Crippen LogP contribution in [0.25, 0.3) is 11.4 Å². The van der Waals surface area contributed by atoms with E-state index in [1.807, 2.05) is 4.90 Å². The molecule has 0 saturated carbocycles. The van der Waals surface area contributed by atoms with E-state index < -0.39 is 10.0 Å². The van der Waals surface area contributed by atoms with Gasteiger partial charge in [-0.15, -0.1) is 11.3 Å². The third kappa shape index (κ3) is 4.29. The monoisotopic (exact) mass is 453 g/mol. The molecular weight excluding hydrogens is 426 g/mol. The average Bonchev–Trinajstić information content (AvgIpc) is 3.43. The number of aryl methyl sites for hydroxylation is 1. The lowest BCUT2D eigenvalue weighted by atomic mass is 9.98. The lowest BCUT2D eigenvalue weighted by Gasteiger charge is -2.38. The van der Waals surface area contributed by atoms with Gasteiger partial charge in [0, 0.05) is 57.1 Å². The summed E-state index contributed by atoms with van der Waals surface area (Å²) >= 11 is 1.14. The molecule has 11 heteroatoms. The van der Waals surface area contributed by atoms with Crippen molar-refractivity contribution in [2.75, 3.05) is 45.8 Å². The molecule has 2 saturated heterocycles.